The molecule has 0 saturated carbocycles. The molecule has 1 heterocycles. The quantitative estimate of drug-likeness (QED) is 0.852. The van der Waals surface area contributed by atoms with Gasteiger partial charge in [0.1, 0.15) is 5.75 Å². The lowest BCUT2D eigenvalue weighted by atomic mass is 10.2. The molecule has 1 aliphatic rings. The Labute approximate surface area is 132 Å². The van der Waals surface area contributed by atoms with Gasteiger partial charge in [0.05, 0.1) is 13.7 Å². The highest BCUT2D eigenvalue weighted by Crippen LogP contribution is 2.16. The molecule has 1 fully saturated rings. The molecule has 0 bridgehead atoms. The van der Waals surface area contributed by atoms with Crippen LogP contribution in [0.15, 0.2) is 24.3 Å². The van der Waals surface area contributed by atoms with Crippen LogP contribution in [0.5, 0.6) is 5.75 Å². The zero-order valence-corrected chi connectivity index (χ0v) is 13.4. The Bertz CT molecular complexity index is 456. The van der Waals surface area contributed by atoms with Gasteiger partial charge < -0.3 is 15.4 Å². The number of benzene rings is 1. The first kappa shape index (κ1) is 17.8. The smallest absolute Gasteiger partial charge is 0.234 e. The first-order chi connectivity index (χ1) is 9.70. The van der Waals surface area contributed by atoms with Crippen molar-refractivity contribution in [3.8, 4) is 5.75 Å². The van der Waals surface area contributed by atoms with Gasteiger partial charge in [0.15, 0.2) is 0 Å². The molecule has 1 atom stereocenters. The average Bonchev–Trinajstić information content (AvgIpc) is 2.48. The monoisotopic (exact) mass is 313 g/mol. The van der Waals surface area contributed by atoms with E-state index in [-0.39, 0.29) is 18.3 Å². The Hall–Kier alpha value is -1.30. The summed E-state index contributed by atoms with van der Waals surface area (Å²) in [5.74, 6) is 0.869. The van der Waals surface area contributed by atoms with Gasteiger partial charge in [-0.05, 0) is 13.0 Å². The van der Waals surface area contributed by atoms with Crippen LogP contribution >= 0.6 is 12.4 Å². The standard InChI is InChI=1S/C15H23N3O2.ClH/c1-12-9-16-7-8-18(12)11-15(19)17-10-13-5-3-4-6-14(13)20-2;/h3-6,12,16H,7-11H2,1-2H3,(H,17,19);1H/t12-;/m1./s1. The molecule has 1 aromatic carbocycles. The highest BCUT2D eigenvalue weighted by molar-refractivity contribution is 5.85. The van der Waals surface area contributed by atoms with E-state index in [9.17, 15) is 4.79 Å². The number of ether oxygens (including phenoxy) is 1. The van der Waals surface area contributed by atoms with Crippen molar-refractivity contribution >= 4 is 18.3 Å². The number of nitrogens with zero attached hydrogens (tertiary/aromatic N) is 1. The molecule has 1 amide bonds. The van der Waals surface area contributed by atoms with Crippen molar-refractivity contribution in [2.24, 2.45) is 0 Å². The third-order valence-electron chi connectivity index (χ3n) is 3.65. The van der Waals surface area contributed by atoms with Gasteiger partial charge in [0, 0.05) is 37.8 Å². The summed E-state index contributed by atoms with van der Waals surface area (Å²) in [4.78, 5) is 14.2. The molecule has 21 heavy (non-hydrogen) atoms. The van der Waals surface area contributed by atoms with Gasteiger partial charge >= 0.3 is 0 Å². The summed E-state index contributed by atoms with van der Waals surface area (Å²) < 4.78 is 5.27. The number of halogens is 1. The largest absolute Gasteiger partial charge is 0.496 e. The molecule has 2 rings (SSSR count). The normalized spacial score (nSPS) is 18.7. The molecule has 5 nitrogen and oxygen atoms in total. The summed E-state index contributed by atoms with van der Waals surface area (Å²) in [6, 6.07) is 8.14. The summed E-state index contributed by atoms with van der Waals surface area (Å²) in [5.41, 5.74) is 0.997. The van der Waals surface area contributed by atoms with E-state index in [0.717, 1.165) is 30.9 Å². The van der Waals surface area contributed by atoms with E-state index in [4.69, 9.17) is 4.74 Å². The average molecular weight is 314 g/mol. The van der Waals surface area contributed by atoms with E-state index in [1.807, 2.05) is 24.3 Å². The maximum absolute atomic E-state index is 12.0. The van der Waals surface area contributed by atoms with Crippen LogP contribution in [0.3, 0.4) is 0 Å². The number of hydrogen-bond acceptors (Lipinski definition) is 4. The lowest BCUT2D eigenvalue weighted by Crippen LogP contribution is -2.52. The number of amides is 1. The van der Waals surface area contributed by atoms with Gasteiger partial charge in [-0.3, -0.25) is 9.69 Å². The fraction of sp³-hybridized carbons (Fsp3) is 0.533. The number of methoxy groups -OCH3 is 1. The number of nitrogens with one attached hydrogen (secondary N) is 2. The second kappa shape index (κ2) is 8.87. The molecule has 0 aliphatic carbocycles. The van der Waals surface area contributed by atoms with E-state index in [1.54, 1.807) is 7.11 Å². The molecular weight excluding hydrogens is 290 g/mol. The number of rotatable bonds is 5. The van der Waals surface area contributed by atoms with E-state index >= 15 is 0 Å². The van der Waals surface area contributed by atoms with E-state index in [0.29, 0.717) is 19.1 Å². The molecule has 1 aromatic rings. The summed E-state index contributed by atoms with van der Waals surface area (Å²) in [5, 5.41) is 6.28. The minimum absolute atomic E-state index is 0. The Morgan fingerprint density at radius 2 is 2.24 bits per heavy atom. The molecule has 6 heteroatoms. The van der Waals surface area contributed by atoms with Gasteiger partial charge in [0.2, 0.25) is 5.91 Å². The third-order valence-corrected chi connectivity index (χ3v) is 3.65. The summed E-state index contributed by atoms with van der Waals surface area (Å²) in [6.45, 7) is 5.91. The number of hydrogen-bond donors (Lipinski definition) is 2. The second-order valence-corrected chi connectivity index (χ2v) is 5.11. The lowest BCUT2D eigenvalue weighted by molar-refractivity contribution is -0.123. The predicted molar refractivity (Wildman–Crippen MR) is 86.0 cm³/mol. The molecule has 0 unspecified atom stereocenters. The molecule has 0 radical (unpaired) electrons. The fourth-order valence-corrected chi connectivity index (χ4v) is 2.40. The van der Waals surface area contributed by atoms with Crippen LogP contribution in [-0.2, 0) is 11.3 Å². The van der Waals surface area contributed by atoms with Crippen LogP contribution in [0.25, 0.3) is 0 Å². The Morgan fingerprint density at radius 1 is 1.48 bits per heavy atom. The van der Waals surface area contributed by atoms with Crippen molar-refractivity contribution in [2.75, 3.05) is 33.3 Å². The second-order valence-electron chi connectivity index (χ2n) is 5.11. The van der Waals surface area contributed by atoms with E-state index < -0.39 is 0 Å². The van der Waals surface area contributed by atoms with Crippen LogP contribution in [0.2, 0.25) is 0 Å². The SMILES string of the molecule is COc1ccccc1CNC(=O)CN1CCNC[C@H]1C.Cl. The topological polar surface area (TPSA) is 53.6 Å². The molecule has 0 aromatic heterocycles. The fourth-order valence-electron chi connectivity index (χ4n) is 2.40. The Balaban J connectivity index is 0.00000220. The van der Waals surface area contributed by atoms with Crippen molar-refractivity contribution in [3.63, 3.8) is 0 Å². The van der Waals surface area contributed by atoms with Crippen molar-refractivity contribution in [1.29, 1.82) is 0 Å². The van der Waals surface area contributed by atoms with Gasteiger partial charge in [0.25, 0.3) is 0 Å². The van der Waals surface area contributed by atoms with Gasteiger partial charge in [-0.25, -0.2) is 0 Å². The molecule has 1 saturated heterocycles. The van der Waals surface area contributed by atoms with Crippen molar-refractivity contribution < 1.29 is 9.53 Å². The summed E-state index contributed by atoms with van der Waals surface area (Å²) >= 11 is 0. The summed E-state index contributed by atoms with van der Waals surface area (Å²) in [7, 11) is 1.64. The number of piperazine rings is 1. The van der Waals surface area contributed by atoms with Crippen molar-refractivity contribution in [3.05, 3.63) is 29.8 Å². The first-order valence-corrected chi connectivity index (χ1v) is 7.04. The van der Waals surface area contributed by atoms with Crippen LogP contribution in [0.4, 0.5) is 0 Å². The minimum atomic E-state index is 0. The number of para-hydroxylation sites is 1. The van der Waals surface area contributed by atoms with Crippen LogP contribution in [0, 0.1) is 0 Å². The van der Waals surface area contributed by atoms with E-state index in [2.05, 4.69) is 22.5 Å². The van der Waals surface area contributed by atoms with Crippen molar-refractivity contribution in [1.82, 2.24) is 15.5 Å². The van der Waals surface area contributed by atoms with Gasteiger partial charge in [-0.2, -0.15) is 0 Å². The molecule has 2 N–H and O–H groups in total. The van der Waals surface area contributed by atoms with Crippen LogP contribution < -0.4 is 15.4 Å². The zero-order chi connectivity index (χ0) is 14.4. The molecule has 1 aliphatic heterocycles. The third kappa shape index (κ3) is 5.19. The first-order valence-electron chi connectivity index (χ1n) is 7.04. The molecular formula is C15H24ClN3O2. The Kier molecular flexibility index (Phi) is 7.50. The Morgan fingerprint density at radius 3 is 2.95 bits per heavy atom. The van der Waals surface area contributed by atoms with Crippen molar-refractivity contribution in [2.45, 2.75) is 19.5 Å². The number of carbonyl (C=O) groups excluding carboxylic acids is 1. The van der Waals surface area contributed by atoms with Crippen LogP contribution in [0.1, 0.15) is 12.5 Å². The lowest BCUT2D eigenvalue weighted by Gasteiger charge is -2.33. The maximum atomic E-state index is 12.0. The van der Waals surface area contributed by atoms with E-state index in [1.165, 1.54) is 0 Å². The number of carbonyl (C=O) groups is 1. The van der Waals surface area contributed by atoms with Crippen LogP contribution in [-0.4, -0.2) is 50.1 Å². The molecule has 0 spiro atoms. The molecule has 118 valence electrons. The predicted octanol–water partition coefficient (Wildman–Crippen LogP) is 1.03. The summed E-state index contributed by atoms with van der Waals surface area (Å²) in [6.07, 6.45) is 0. The van der Waals surface area contributed by atoms with Gasteiger partial charge in [-0.1, -0.05) is 18.2 Å². The van der Waals surface area contributed by atoms with Gasteiger partial charge in [-0.15, -0.1) is 12.4 Å². The highest BCUT2D eigenvalue weighted by atomic mass is 35.5. The minimum Gasteiger partial charge on any atom is -0.496 e. The maximum Gasteiger partial charge on any atom is 0.234 e. The zero-order valence-electron chi connectivity index (χ0n) is 12.6. The highest BCUT2D eigenvalue weighted by Gasteiger charge is 2.20.